The number of carbonyl (C=O) groups is 2. The zero-order valence-corrected chi connectivity index (χ0v) is 13.0. The van der Waals surface area contributed by atoms with Gasteiger partial charge in [0, 0.05) is 11.6 Å². The van der Waals surface area contributed by atoms with E-state index in [9.17, 15) is 9.59 Å². The van der Waals surface area contributed by atoms with Crippen LogP contribution in [0.5, 0.6) is 0 Å². The van der Waals surface area contributed by atoms with Crippen molar-refractivity contribution in [1.29, 1.82) is 0 Å². The highest BCUT2D eigenvalue weighted by molar-refractivity contribution is 6.02. The standard InChI is InChI=1S/C16H14N4O4/c1-9-8-12(20-23-9)14-13(10(2)19-24-14)16(22)18-17-15(21)11-6-4-3-5-7-11/h3-8H,1-2H3,(H,17,21)(H,18,22). The van der Waals surface area contributed by atoms with E-state index in [-0.39, 0.29) is 11.3 Å². The van der Waals surface area contributed by atoms with Gasteiger partial charge in [0.15, 0.2) is 5.69 Å². The zero-order valence-electron chi connectivity index (χ0n) is 13.0. The zero-order chi connectivity index (χ0) is 17.1. The van der Waals surface area contributed by atoms with Gasteiger partial charge < -0.3 is 9.05 Å². The van der Waals surface area contributed by atoms with E-state index in [1.54, 1.807) is 50.2 Å². The Morgan fingerprint density at radius 2 is 1.67 bits per heavy atom. The van der Waals surface area contributed by atoms with Crippen LogP contribution in [0.1, 0.15) is 32.2 Å². The van der Waals surface area contributed by atoms with Crippen molar-refractivity contribution in [3.8, 4) is 11.5 Å². The molecule has 2 aromatic heterocycles. The SMILES string of the molecule is Cc1cc(-c2onc(C)c2C(=O)NNC(=O)c2ccccc2)no1. The summed E-state index contributed by atoms with van der Waals surface area (Å²) in [4.78, 5) is 24.3. The molecule has 0 fully saturated rings. The minimum Gasteiger partial charge on any atom is -0.361 e. The molecule has 3 rings (SSSR count). The summed E-state index contributed by atoms with van der Waals surface area (Å²) in [6.07, 6.45) is 0. The highest BCUT2D eigenvalue weighted by Gasteiger charge is 2.24. The van der Waals surface area contributed by atoms with Gasteiger partial charge in [0.2, 0.25) is 5.76 Å². The monoisotopic (exact) mass is 326 g/mol. The van der Waals surface area contributed by atoms with Crippen LogP contribution >= 0.6 is 0 Å². The first kappa shape index (κ1) is 15.5. The maximum atomic E-state index is 12.4. The summed E-state index contributed by atoms with van der Waals surface area (Å²) in [6, 6.07) is 10.1. The van der Waals surface area contributed by atoms with Crippen LogP contribution in [0.2, 0.25) is 0 Å². The molecule has 0 unspecified atom stereocenters. The number of aryl methyl sites for hydroxylation is 2. The molecule has 8 heteroatoms. The Morgan fingerprint density at radius 3 is 2.33 bits per heavy atom. The number of benzene rings is 1. The quantitative estimate of drug-likeness (QED) is 0.713. The van der Waals surface area contributed by atoms with Crippen molar-refractivity contribution in [2.24, 2.45) is 0 Å². The first-order valence-corrected chi connectivity index (χ1v) is 7.12. The molecule has 2 N–H and O–H groups in total. The summed E-state index contributed by atoms with van der Waals surface area (Å²) < 4.78 is 10.1. The van der Waals surface area contributed by atoms with Crippen molar-refractivity contribution in [2.75, 3.05) is 0 Å². The van der Waals surface area contributed by atoms with Gasteiger partial charge in [-0.1, -0.05) is 28.5 Å². The fraction of sp³-hybridized carbons (Fsp3) is 0.125. The fourth-order valence-electron chi connectivity index (χ4n) is 2.12. The van der Waals surface area contributed by atoms with Crippen LogP contribution < -0.4 is 10.9 Å². The third-order valence-electron chi connectivity index (χ3n) is 3.28. The molecule has 2 amide bonds. The van der Waals surface area contributed by atoms with Crippen LogP contribution in [0.3, 0.4) is 0 Å². The minimum atomic E-state index is -0.561. The third kappa shape index (κ3) is 3.02. The van der Waals surface area contributed by atoms with Gasteiger partial charge in [-0.15, -0.1) is 0 Å². The molecule has 0 spiro atoms. The van der Waals surface area contributed by atoms with Crippen LogP contribution in [-0.4, -0.2) is 22.1 Å². The van der Waals surface area contributed by atoms with Crippen LogP contribution in [0, 0.1) is 13.8 Å². The topological polar surface area (TPSA) is 110 Å². The second kappa shape index (κ2) is 6.37. The van der Waals surface area contributed by atoms with Gasteiger partial charge >= 0.3 is 0 Å². The number of amides is 2. The van der Waals surface area contributed by atoms with Crippen molar-refractivity contribution in [3.63, 3.8) is 0 Å². The molecule has 122 valence electrons. The van der Waals surface area contributed by atoms with Crippen LogP contribution in [-0.2, 0) is 0 Å². The summed E-state index contributed by atoms with van der Waals surface area (Å²) in [5, 5.41) is 7.59. The summed E-state index contributed by atoms with van der Waals surface area (Å²) in [7, 11) is 0. The second-order valence-corrected chi connectivity index (χ2v) is 5.07. The Morgan fingerprint density at radius 1 is 0.958 bits per heavy atom. The van der Waals surface area contributed by atoms with Crippen molar-refractivity contribution in [3.05, 3.63) is 59.0 Å². The summed E-state index contributed by atoms with van der Waals surface area (Å²) in [5.74, 6) is -0.246. The molecule has 0 atom stereocenters. The van der Waals surface area contributed by atoms with Crippen molar-refractivity contribution in [2.45, 2.75) is 13.8 Å². The van der Waals surface area contributed by atoms with Gasteiger partial charge in [0.1, 0.15) is 11.3 Å². The molecule has 0 bridgehead atoms. The number of hydrogen-bond acceptors (Lipinski definition) is 6. The van der Waals surface area contributed by atoms with E-state index in [0.717, 1.165) is 0 Å². The normalized spacial score (nSPS) is 10.4. The highest BCUT2D eigenvalue weighted by atomic mass is 16.5. The largest absolute Gasteiger partial charge is 0.361 e. The number of nitrogens with zero attached hydrogens (tertiary/aromatic N) is 2. The second-order valence-electron chi connectivity index (χ2n) is 5.07. The van der Waals surface area contributed by atoms with E-state index < -0.39 is 11.8 Å². The number of nitrogens with one attached hydrogen (secondary N) is 2. The maximum absolute atomic E-state index is 12.4. The van der Waals surface area contributed by atoms with Gasteiger partial charge in [0.25, 0.3) is 11.8 Å². The van der Waals surface area contributed by atoms with E-state index in [2.05, 4.69) is 21.2 Å². The van der Waals surface area contributed by atoms with E-state index in [1.165, 1.54) is 0 Å². The minimum absolute atomic E-state index is 0.177. The predicted molar refractivity (Wildman–Crippen MR) is 82.8 cm³/mol. The number of carbonyl (C=O) groups excluding carboxylic acids is 2. The summed E-state index contributed by atoms with van der Waals surface area (Å²) in [5.41, 5.74) is 6.02. The molecular formula is C16H14N4O4. The molecule has 8 nitrogen and oxygen atoms in total. The maximum Gasteiger partial charge on any atom is 0.275 e. The Balaban J connectivity index is 1.76. The van der Waals surface area contributed by atoms with Gasteiger partial charge in [-0.05, 0) is 26.0 Å². The molecule has 0 saturated heterocycles. The van der Waals surface area contributed by atoms with E-state index >= 15 is 0 Å². The fourth-order valence-corrected chi connectivity index (χ4v) is 2.12. The molecule has 0 aliphatic heterocycles. The molecule has 24 heavy (non-hydrogen) atoms. The number of hydrazine groups is 1. The first-order chi connectivity index (χ1) is 11.6. The Kier molecular flexibility index (Phi) is 4.11. The first-order valence-electron chi connectivity index (χ1n) is 7.12. The lowest BCUT2D eigenvalue weighted by Gasteiger charge is -2.07. The molecule has 0 saturated carbocycles. The Hall–Kier alpha value is -3.42. The summed E-state index contributed by atoms with van der Waals surface area (Å²) in [6.45, 7) is 3.34. The lowest BCUT2D eigenvalue weighted by Crippen LogP contribution is -2.41. The van der Waals surface area contributed by atoms with Crippen LogP contribution in [0.4, 0.5) is 0 Å². The average Bonchev–Trinajstić information content (AvgIpc) is 3.18. The Bertz CT molecular complexity index is 883. The molecule has 3 aromatic rings. The van der Waals surface area contributed by atoms with E-state index in [4.69, 9.17) is 9.05 Å². The van der Waals surface area contributed by atoms with Crippen LogP contribution in [0.15, 0.2) is 45.4 Å². The lowest BCUT2D eigenvalue weighted by molar-refractivity contribution is 0.0846. The lowest BCUT2D eigenvalue weighted by atomic mass is 10.1. The molecule has 0 aliphatic carbocycles. The van der Waals surface area contributed by atoms with Gasteiger partial charge in [0.05, 0.1) is 5.69 Å². The van der Waals surface area contributed by atoms with Gasteiger partial charge in [-0.3, -0.25) is 20.4 Å². The summed E-state index contributed by atoms with van der Waals surface area (Å²) >= 11 is 0. The highest BCUT2D eigenvalue weighted by Crippen LogP contribution is 2.25. The van der Waals surface area contributed by atoms with Gasteiger partial charge in [-0.25, -0.2) is 0 Å². The molecule has 1 aromatic carbocycles. The molecular weight excluding hydrogens is 312 g/mol. The van der Waals surface area contributed by atoms with E-state index in [0.29, 0.717) is 22.7 Å². The third-order valence-corrected chi connectivity index (χ3v) is 3.28. The molecule has 0 aliphatic rings. The van der Waals surface area contributed by atoms with Crippen molar-refractivity contribution >= 4 is 11.8 Å². The molecule has 2 heterocycles. The van der Waals surface area contributed by atoms with E-state index in [1.807, 2.05) is 0 Å². The van der Waals surface area contributed by atoms with Gasteiger partial charge in [-0.2, -0.15) is 0 Å². The number of aromatic nitrogens is 2. The number of hydrogen-bond donors (Lipinski definition) is 2. The Labute approximate surface area is 136 Å². The smallest absolute Gasteiger partial charge is 0.275 e. The van der Waals surface area contributed by atoms with Crippen molar-refractivity contribution < 1.29 is 18.6 Å². The number of rotatable bonds is 3. The predicted octanol–water partition coefficient (Wildman–Crippen LogP) is 2.02. The van der Waals surface area contributed by atoms with Crippen LogP contribution in [0.25, 0.3) is 11.5 Å². The molecule has 0 radical (unpaired) electrons. The average molecular weight is 326 g/mol. The van der Waals surface area contributed by atoms with Crippen molar-refractivity contribution in [1.82, 2.24) is 21.2 Å².